The highest BCUT2D eigenvalue weighted by atomic mass is 35.5. The third kappa shape index (κ3) is 1.53. The molecule has 4 nitrogen and oxygen atoms in total. The van der Waals surface area contributed by atoms with Crippen LogP contribution in [0.1, 0.15) is 53.4 Å². The number of aromatic nitrogens is 2. The van der Waals surface area contributed by atoms with Gasteiger partial charge in [-0.25, -0.2) is 0 Å². The fourth-order valence-corrected chi connectivity index (χ4v) is 5.84. The van der Waals surface area contributed by atoms with Crippen molar-refractivity contribution in [2.24, 2.45) is 12.5 Å². The summed E-state index contributed by atoms with van der Waals surface area (Å²) in [5.74, 6) is 0.395. The summed E-state index contributed by atoms with van der Waals surface area (Å²) in [6.07, 6.45) is 3.65. The van der Waals surface area contributed by atoms with E-state index < -0.39 is 0 Å². The first kappa shape index (κ1) is 14.3. The van der Waals surface area contributed by atoms with Gasteiger partial charge in [-0.15, -0.1) is 11.3 Å². The molecule has 2 aliphatic rings. The second-order valence-corrected chi connectivity index (χ2v) is 8.12. The van der Waals surface area contributed by atoms with Crippen LogP contribution in [0.4, 0.5) is 0 Å². The van der Waals surface area contributed by atoms with Gasteiger partial charge in [0.05, 0.1) is 17.3 Å². The van der Waals surface area contributed by atoms with E-state index in [4.69, 9.17) is 11.6 Å². The Labute approximate surface area is 138 Å². The molecule has 2 aliphatic carbocycles. The summed E-state index contributed by atoms with van der Waals surface area (Å²) >= 11 is 7.93. The summed E-state index contributed by atoms with van der Waals surface area (Å²) in [5.41, 5.74) is 1.61. The van der Waals surface area contributed by atoms with Crippen molar-refractivity contribution in [3.63, 3.8) is 0 Å². The number of fused-ring (bicyclic) bond motifs is 5. The van der Waals surface area contributed by atoms with E-state index in [9.17, 15) is 4.79 Å². The van der Waals surface area contributed by atoms with Gasteiger partial charge in [-0.3, -0.25) is 9.48 Å². The van der Waals surface area contributed by atoms with Crippen LogP contribution in [-0.2, 0) is 12.6 Å². The highest BCUT2D eigenvalue weighted by Gasteiger charge is 2.63. The molecule has 2 atom stereocenters. The molecule has 0 radical (unpaired) electrons. The molecule has 1 saturated carbocycles. The Kier molecular flexibility index (Phi) is 2.83. The maximum atomic E-state index is 12.8. The van der Waals surface area contributed by atoms with Gasteiger partial charge in [0.2, 0.25) is 0 Å². The standard InChI is InChI=1S/C16H18ClN3OS/c1-15(2)11-4-6-16(15,12-9(11)5-7-22-12)19-14(21)10-8-18-20(3)13(10)17/h5,7-8,11H,4,6H2,1-3H3,(H,19,21). The molecule has 2 unspecified atom stereocenters. The molecule has 4 rings (SSSR count). The van der Waals surface area contributed by atoms with E-state index in [-0.39, 0.29) is 16.9 Å². The molecule has 2 aromatic heterocycles. The van der Waals surface area contributed by atoms with Gasteiger partial charge in [0, 0.05) is 11.9 Å². The maximum absolute atomic E-state index is 12.8. The van der Waals surface area contributed by atoms with E-state index in [0.29, 0.717) is 16.6 Å². The maximum Gasteiger partial charge on any atom is 0.256 e. The second kappa shape index (κ2) is 4.36. The number of carbonyl (C=O) groups is 1. The largest absolute Gasteiger partial charge is 0.341 e. The smallest absolute Gasteiger partial charge is 0.256 e. The Morgan fingerprint density at radius 3 is 3.00 bits per heavy atom. The lowest BCUT2D eigenvalue weighted by atomic mass is 9.75. The Bertz CT molecular complexity index is 778. The van der Waals surface area contributed by atoms with Crippen LogP contribution in [0.5, 0.6) is 0 Å². The van der Waals surface area contributed by atoms with Crippen molar-refractivity contribution < 1.29 is 4.79 Å². The molecule has 22 heavy (non-hydrogen) atoms. The molecule has 2 aromatic rings. The van der Waals surface area contributed by atoms with E-state index in [1.54, 1.807) is 18.4 Å². The van der Waals surface area contributed by atoms with Gasteiger partial charge in [-0.2, -0.15) is 5.10 Å². The molecular formula is C16H18ClN3OS. The number of nitrogens with one attached hydrogen (secondary N) is 1. The minimum atomic E-state index is -0.280. The average Bonchev–Trinajstić information content (AvgIpc) is 3.15. The van der Waals surface area contributed by atoms with Gasteiger partial charge in [-0.05, 0) is 41.2 Å². The summed E-state index contributed by atoms with van der Waals surface area (Å²) in [6, 6.07) is 2.22. The van der Waals surface area contributed by atoms with Crippen LogP contribution in [0.15, 0.2) is 17.6 Å². The van der Waals surface area contributed by atoms with E-state index >= 15 is 0 Å². The van der Waals surface area contributed by atoms with Crippen molar-refractivity contribution in [2.75, 3.05) is 0 Å². The third-order valence-corrected chi connectivity index (χ3v) is 7.22. The normalized spacial score (nSPS) is 27.9. The Morgan fingerprint density at radius 1 is 1.55 bits per heavy atom. The van der Waals surface area contributed by atoms with Gasteiger partial charge < -0.3 is 5.32 Å². The fourth-order valence-electron chi connectivity index (χ4n) is 4.35. The Balaban J connectivity index is 1.76. The fraction of sp³-hybridized carbons (Fsp3) is 0.500. The number of hydrogen-bond donors (Lipinski definition) is 1. The first-order valence-corrected chi connectivity index (χ1v) is 8.72. The number of nitrogens with zero attached hydrogens (tertiary/aromatic N) is 2. The number of aryl methyl sites for hydroxylation is 1. The monoisotopic (exact) mass is 335 g/mol. The first-order chi connectivity index (χ1) is 10.4. The van der Waals surface area contributed by atoms with Crippen LogP contribution in [0, 0.1) is 5.41 Å². The molecule has 116 valence electrons. The predicted molar refractivity (Wildman–Crippen MR) is 87.4 cm³/mol. The van der Waals surface area contributed by atoms with E-state index in [1.165, 1.54) is 21.3 Å². The molecule has 0 saturated heterocycles. The highest BCUT2D eigenvalue weighted by molar-refractivity contribution is 7.10. The first-order valence-electron chi connectivity index (χ1n) is 7.46. The zero-order valence-electron chi connectivity index (χ0n) is 12.8. The van der Waals surface area contributed by atoms with Crippen LogP contribution in [-0.4, -0.2) is 15.7 Å². The van der Waals surface area contributed by atoms with Crippen molar-refractivity contribution in [3.05, 3.63) is 38.8 Å². The van der Waals surface area contributed by atoms with Crippen LogP contribution in [0.2, 0.25) is 5.15 Å². The predicted octanol–water partition coefficient (Wildman–Crippen LogP) is 3.68. The lowest BCUT2D eigenvalue weighted by Gasteiger charge is -2.39. The summed E-state index contributed by atoms with van der Waals surface area (Å²) in [5, 5.41) is 9.90. The SMILES string of the molecule is Cn1ncc(C(=O)NC23CCC(c4ccsc42)C3(C)C)c1Cl. The zero-order valence-corrected chi connectivity index (χ0v) is 14.4. The molecule has 1 amide bonds. The number of carbonyl (C=O) groups excluding carboxylic acids is 1. The second-order valence-electron chi connectivity index (χ2n) is 6.85. The van der Waals surface area contributed by atoms with Crippen LogP contribution in [0.25, 0.3) is 0 Å². The summed E-state index contributed by atoms with van der Waals surface area (Å²) in [6.45, 7) is 4.53. The van der Waals surface area contributed by atoms with Crippen LogP contribution in [0.3, 0.4) is 0 Å². The summed E-state index contributed by atoms with van der Waals surface area (Å²) in [4.78, 5) is 14.1. The number of hydrogen-bond acceptors (Lipinski definition) is 3. The molecule has 0 spiro atoms. The quantitative estimate of drug-likeness (QED) is 0.910. The molecule has 1 fully saturated rings. The molecular weight excluding hydrogens is 318 g/mol. The van der Waals surface area contributed by atoms with Gasteiger partial charge in [0.25, 0.3) is 5.91 Å². The number of rotatable bonds is 2. The number of thiophene rings is 1. The van der Waals surface area contributed by atoms with Crippen molar-refractivity contribution in [1.29, 1.82) is 0 Å². The average molecular weight is 336 g/mol. The summed E-state index contributed by atoms with van der Waals surface area (Å²) < 4.78 is 1.52. The van der Waals surface area contributed by atoms with E-state index in [2.05, 4.69) is 35.7 Å². The van der Waals surface area contributed by atoms with E-state index in [0.717, 1.165) is 12.8 Å². The Morgan fingerprint density at radius 2 is 2.32 bits per heavy atom. The lowest BCUT2D eigenvalue weighted by Crippen LogP contribution is -2.50. The van der Waals surface area contributed by atoms with Gasteiger partial charge in [-0.1, -0.05) is 25.4 Å². The van der Waals surface area contributed by atoms with Crippen molar-refractivity contribution in [2.45, 2.75) is 38.1 Å². The van der Waals surface area contributed by atoms with Gasteiger partial charge in [0.1, 0.15) is 5.15 Å². The summed E-state index contributed by atoms with van der Waals surface area (Å²) in [7, 11) is 1.74. The molecule has 2 heterocycles. The van der Waals surface area contributed by atoms with Gasteiger partial charge >= 0.3 is 0 Å². The van der Waals surface area contributed by atoms with Crippen molar-refractivity contribution in [1.82, 2.24) is 15.1 Å². The number of amides is 1. The third-order valence-electron chi connectivity index (χ3n) is 5.68. The molecule has 0 aromatic carbocycles. The minimum absolute atomic E-state index is 0.0276. The van der Waals surface area contributed by atoms with Crippen molar-refractivity contribution >= 4 is 28.8 Å². The molecule has 6 heteroatoms. The minimum Gasteiger partial charge on any atom is -0.341 e. The zero-order chi connectivity index (χ0) is 15.7. The van der Waals surface area contributed by atoms with Crippen molar-refractivity contribution in [3.8, 4) is 0 Å². The molecule has 1 N–H and O–H groups in total. The molecule has 2 bridgehead atoms. The number of halogens is 1. The van der Waals surface area contributed by atoms with Crippen LogP contribution < -0.4 is 5.32 Å². The van der Waals surface area contributed by atoms with Gasteiger partial charge in [0.15, 0.2) is 0 Å². The highest BCUT2D eigenvalue weighted by Crippen LogP contribution is 2.67. The van der Waals surface area contributed by atoms with E-state index in [1.807, 2.05) is 0 Å². The molecule has 0 aliphatic heterocycles. The Hall–Kier alpha value is -1.33. The van der Waals surface area contributed by atoms with Crippen LogP contribution >= 0.6 is 22.9 Å². The lowest BCUT2D eigenvalue weighted by molar-refractivity contribution is 0.0813. The topological polar surface area (TPSA) is 46.9 Å².